The SMILES string of the molecule is O=C(NCCCC[C@H](C(=O)N/N=C/c1cccc(Br)c1)N1CCCCC1)c1ccccc1. The molecule has 32 heavy (non-hydrogen) atoms. The van der Waals surface area contributed by atoms with Gasteiger partial charge in [0.15, 0.2) is 0 Å². The van der Waals surface area contributed by atoms with E-state index in [1.54, 1.807) is 18.3 Å². The van der Waals surface area contributed by atoms with E-state index in [9.17, 15) is 9.59 Å². The maximum absolute atomic E-state index is 12.9. The van der Waals surface area contributed by atoms with Gasteiger partial charge in [-0.15, -0.1) is 0 Å². The summed E-state index contributed by atoms with van der Waals surface area (Å²) in [5.41, 5.74) is 4.32. The Morgan fingerprint density at radius 3 is 2.56 bits per heavy atom. The first-order valence-electron chi connectivity index (χ1n) is 11.3. The van der Waals surface area contributed by atoms with Crippen LogP contribution >= 0.6 is 15.9 Å². The number of carbonyl (C=O) groups excluding carboxylic acids is 2. The van der Waals surface area contributed by atoms with E-state index in [1.165, 1.54) is 6.42 Å². The number of likely N-dealkylation sites (tertiary alicyclic amines) is 1. The van der Waals surface area contributed by atoms with Crippen LogP contribution in [0.2, 0.25) is 0 Å². The van der Waals surface area contributed by atoms with Crippen molar-refractivity contribution in [2.75, 3.05) is 19.6 Å². The molecule has 1 aliphatic rings. The molecule has 0 bridgehead atoms. The highest BCUT2D eigenvalue weighted by molar-refractivity contribution is 9.10. The molecule has 0 aromatic heterocycles. The van der Waals surface area contributed by atoms with Crippen LogP contribution in [-0.4, -0.2) is 48.6 Å². The van der Waals surface area contributed by atoms with Crippen molar-refractivity contribution in [1.29, 1.82) is 0 Å². The molecule has 0 radical (unpaired) electrons. The van der Waals surface area contributed by atoms with Crippen LogP contribution in [0.15, 0.2) is 64.2 Å². The third-order valence-corrected chi connectivity index (χ3v) is 6.09. The van der Waals surface area contributed by atoms with Crippen molar-refractivity contribution >= 4 is 34.0 Å². The number of carbonyl (C=O) groups is 2. The monoisotopic (exact) mass is 498 g/mol. The minimum Gasteiger partial charge on any atom is -0.352 e. The zero-order valence-corrected chi connectivity index (χ0v) is 19.9. The zero-order chi connectivity index (χ0) is 22.6. The van der Waals surface area contributed by atoms with E-state index in [1.807, 2.05) is 42.5 Å². The van der Waals surface area contributed by atoms with Crippen LogP contribution < -0.4 is 10.7 Å². The van der Waals surface area contributed by atoms with Crippen LogP contribution in [0, 0.1) is 0 Å². The molecule has 6 nitrogen and oxygen atoms in total. The first kappa shape index (κ1) is 24.1. The average molecular weight is 499 g/mol. The van der Waals surface area contributed by atoms with E-state index in [0.29, 0.717) is 12.1 Å². The first-order valence-corrected chi connectivity index (χ1v) is 12.1. The summed E-state index contributed by atoms with van der Waals surface area (Å²) in [6.45, 7) is 2.49. The van der Waals surface area contributed by atoms with Crippen molar-refractivity contribution in [2.24, 2.45) is 5.10 Å². The smallest absolute Gasteiger partial charge is 0.257 e. The van der Waals surface area contributed by atoms with Crippen LogP contribution in [0.3, 0.4) is 0 Å². The normalized spacial score (nSPS) is 15.4. The van der Waals surface area contributed by atoms with Crippen LogP contribution in [0.5, 0.6) is 0 Å². The largest absolute Gasteiger partial charge is 0.352 e. The molecule has 1 fully saturated rings. The van der Waals surface area contributed by atoms with E-state index >= 15 is 0 Å². The summed E-state index contributed by atoms with van der Waals surface area (Å²) < 4.78 is 0.971. The van der Waals surface area contributed by atoms with Crippen molar-refractivity contribution in [3.05, 3.63) is 70.2 Å². The maximum Gasteiger partial charge on any atom is 0.257 e. The molecule has 3 rings (SSSR count). The Hall–Kier alpha value is -2.51. The summed E-state index contributed by atoms with van der Waals surface area (Å²) in [4.78, 5) is 27.3. The third-order valence-electron chi connectivity index (χ3n) is 5.60. The van der Waals surface area contributed by atoms with Crippen molar-refractivity contribution < 1.29 is 9.59 Å². The van der Waals surface area contributed by atoms with Gasteiger partial charge in [0.05, 0.1) is 12.3 Å². The van der Waals surface area contributed by atoms with Crippen molar-refractivity contribution in [2.45, 2.75) is 44.6 Å². The Labute approximate surface area is 198 Å². The molecular weight excluding hydrogens is 468 g/mol. The van der Waals surface area contributed by atoms with Gasteiger partial charge < -0.3 is 5.32 Å². The Morgan fingerprint density at radius 1 is 1.03 bits per heavy atom. The number of piperidine rings is 1. The predicted molar refractivity (Wildman–Crippen MR) is 132 cm³/mol. The Morgan fingerprint density at radius 2 is 1.81 bits per heavy atom. The predicted octanol–water partition coefficient (Wildman–Crippen LogP) is 4.35. The second-order valence-corrected chi connectivity index (χ2v) is 8.94. The van der Waals surface area contributed by atoms with Crippen molar-refractivity contribution in [1.82, 2.24) is 15.6 Å². The van der Waals surface area contributed by atoms with E-state index in [4.69, 9.17) is 0 Å². The number of rotatable bonds is 10. The lowest BCUT2D eigenvalue weighted by atomic mass is 10.0. The highest BCUT2D eigenvalue weighted by Crippen LogP contribution is 2.17. The lowest BCUT2D eigenvalue weighted by Crippen LogP contribution is -2.47. The van der Waals surface area contributed by atoms with Gasteiger partial charge in [-0.05, 0) is 75.0 Å². The molecular formula is C25H31BrN4O2. The molecule has 1 saturated heterocycles. The van der Waals surface area contributed by atoms with Crippen molar-refractivity contribution in [3.8, 4) is 0 Å². The minimum absolute atomic E-state index is 0.0576. The van der Waals surface area contributed by atoms with Gasteiger partial charge in [-0.2, -0.15) is 5.10 Å². The van der Waals surface area contributed by atoms with Crippen LogP contribution in [0.25, 0.3) is 0 Å². The molecule has 7 heteroatoms. The summed E-state index contributed by atoms with van der Waals surface area (Å²) in [5, 5.41) is 7.13. The first-order chi connectivity index (χ1) is 15.6. The summed E-state index contributed by atoms with van der Waals surface area (Å²) in [5.74, 6) is -0.121. The lowest BCUT2D eigenvalue weighted by molar-refractivity contribution is -0.127. The van der Waals surface area contributed by atoms with Gasteiger partial charge in [-0.3, -0.25) is 14.5 Å². The molecule has 0 aliphatic carbocycles. The number of amides is 2. The molecule has 1 atom stereocenters. The topological polar surface area (TPSA) is 73.8 Å². The van der Waals surface area contributed by atoms with E-state index in [2.05, 4.69) is 36.7 Å². The summed E-state index contributed by atoms with van der Waals surface area (Å²) in [6.07, 6.45) is 7.57. The number of halogens is 1. The number of nitrogens with one attached hydrogen (secondary N) is 2. The lowest BCUT2D eigenvalue weighted by Gasteiger charge is -2.33. The molecule has 2 aromatic rings. The third kappa shape index (κ3) is 7.88. The highest BCUT2D eigenvalue weighted by Gasteiger charge is 2.26. The molecule has 1 heterocycles. The highest BCUT2D eigenvalue weighted by atomic mass is 79.9. The second-order valence-electron chi connectivity index (χ2n) is 8.02. The standard InChI is InChI=1S/C25H31BrN4O2/c26-22-13-9-10-20(18-22)19-28-29-25(32)23(30-16-7-2-8-17-30)14-5-6-15-27-24(31)21-11-3-1-4-12-21/h1,3-4,9-13,18-19,23H,2,5-8,14-17H2,(H,27,31)(H,29,32)/b28-19+/t23-/m1/s1. The molecule has 1 aliphatic heterocycles. The number of hydrogen-bond donors (Lipinski definition) is 2. The fraction of sp³-hybridized carbons (Fsp3) is 0.400. The molecule has 0 saturated carbocycles. The van der Waals surface area contributed by atoms with E-state index in [-0.39, 0.29) is 17.9 Å². The number of hydrazone groups is 1. The number of unbranched alkanes of at least 4 members (excludes halogenated alkanes) is 1. The summed E-state index contributed by atoms with van der Waals surface area (Å²) >= 11 is 3.44. The fourth-order valence-electron chi connectivity index (χ4n) is 3.90. The average Bonchev–Trinajstić information content (AvgIpc) is 2.82. The Kier molecular flexibility index (Phi) is 9.91. The fourth-order valence-corrected chi connectivity index (χ4v) is 4.31. The second kappa shape index (κ2) is 13.1. The molecule has 0 unspecified atom stereocenters. The van der Waals surface area contributed by atoms with Gasteiger partial charge in [0, 0.05) is 16.6 Å². The van der Waals surface area contributed by atoms with Crippen LogP contribution in [-0.2, 0) is 4.79 Å². The molecule has 2 N–H and O–H groups in total. The van der Waals surface area contributed by atoms with Crippen LogP contribution in [0.4, 0.5) is 0 Å². The number of hydrogen-bond acceptors (Lipinski definition) is 4. The quantitative estimate of drug-likeness (QED) is 0.290. The molecule has 0 spiro atoms. The van der Waals surface area contributed by atoms with Gasteiger partial charge in [-0.25, -0.2) is 5.43 Å². The van der Waals surface area contributed by atoms with Gasteiger partial charge in [-0.1, -0.05) is 52.7 Å². The van der Waals surface area contributed by atoms with Crippen LogP contribution in [0.1, 0.15) is 54.4 Å². The number of nitrogens with zero attached hydrogens (tertiary/aromatic N) is 2. The van der Waals surface area contributed by atoms with Crippen molar-refractivity contribution in [3.63, 3.8) is 0 Å². The van der Waals surface area contributed by atoms with Gasteiger partial charge >= 0.3 is 0 Å². The molecule has 170 valence electrons. The maximum atomic E-state index is 12.9. The number of benzene rings is 2. The zero-order valence-electron chi connectivity index (χ0n) is 18.3. The van der Waals surface area contributed by atoms with Gasteiger partial charge in [0.1, 0.15) is 0 Å². The Balaban J connectivity index is 1.47. The minimum atomic E-state index is -0.195. The van der Waals surface area contributed by atoms with Gasteiger partial charge in [0.2, 0.25) is 0 Å². The molecule has 2 aromatic carbocycles. The van der Waals surface area contributed by atoms with Gasteiger partial charge in [0.25, 0.3) is 11.8 Å². The summed E-state index contributed by atoms with van der Waals surface area (Å²) in [7, 11) is 0. The van der Waals surface area contributed by atoms with E-state index in [0.717, 1.165) is 55.2 Å². The molecule has 2 amide bonds. The summed E-state index contributed by atoms with van der Waals surface area (Å²) in [6, 6.07) is 16.8. The Bertz CT molecular complexity index is 898. The van der Waals surface area contributed by atoms with E-state index < -0.39 is 0 Å².